The molecule has 226 valence electrons. The second kappa shape index (κ2) is 12.2. The van der Waals surface area contributed by atoms with E-state index in [0.717, 1.165) is 18.4 Å². The van der Waals surface area contributed by atoms with Crippen LogP contribution in [0.3, 0.4) is 0 Å². The molecular weight excluding hydrogens is 565 g/mol. The molecule has 11 heteroatoms. The number of hydrogen-bond donors (Lipinski definition) is 3. The van der Waals surface area contributed by atoms with Crippen LogP contribution in [-0.2, 0) is 9.59 Å². The van der Waals surface area contributed by atoms with Gasteiger partial charge in [0.1, 0.15) is 29.8 Å². The number of phenolic OH excluding ortho intramolecular Hbond substituents is 1. The van der Waals surface area contributed by atoms with Crippen LogP contribution in [0.5, 0.6) is 17.2 Å². The number of phenols is 1. The second-order valence-corrected chi connectivity index (χ2v) is 10.9. The van der Waals surface area contributed by atoms with Crippen molar-refractivity contribution < 1.29 is 28.6 Å². The van der Waals surface area contributed by atoms with E-state index in [1.54, 1.807) is 36.3 Å². The Morgan fingerprint density at radius 3 is 2.43 bits per heavy atom. The van der Waals surface area contributed by atoms with Crippen LogP contribution in [-0.4, -0.2) is 58.1 Å². The Morgan fingerprint density at radius 2 is 1.73 bits per heavy atom. The Bertz CT molecular complexity index is 1750. The van der Waals surface area contributed by atoms with E-state index in [1.807, 2.05) is 12.1 Å². The summed E-state index contributed by atoms with van der Waals surface area (Å²) in [7, 11) is 1.56. The van der Waals surface area contributed by atoms with Gasteiger partial charge in [-0.05, 0) is 60.4 Å². The maximum absolute atomic E-state index is 14.5. The number of anilines is 3. The van der Waals surface area contributed by atoms with E-state index in [9.17, 15) is 19.1 Å². The van der Waals surface area contributed by atoms with Gasteiger partial charge < -0.3 is 30.1 Å². The molecule has 3 N–H and O–H groups in total. The zero-order valence-corrected chi connectivity index (χ0v) is 24.2. The number of piperidine rings is 1. The summed E-state index contributed by atoms with van der Waals surface area (Å²) in [6, 6.07) is 13.3. The number of aromatic hydroxyl groups is 1. The SMILES string of the molecule is C=CC(=O)N1CCC(Oc2cc3c(Nc4cc(-c5ccc(F)c(NC(=O)C6CC6)c5)ccc4OC)ncnc3cc2O)CC1. The highest BCUT2D eigenvalue weighted by Crippen LogP contribution is 2.38. The highest BCUT2D eigenvalue weighted by molar-refractivity contribution is 5.95. The number of aromatic nitrogens is 2. The minimum Gasteiger partial charge on any atom is -0.504 e. The maximum Gasteiger partial charge on any atom is 0.245 e. The Balaban J connectivity index is 1.27. The number of carbonyl (C=O) groups excluding carboxylic acids is 2. The normalized spacial score (nSPS) is 15.1. The molecule has 2 amide bonds. The van der Waals surface area contributed by atoms with Crippen molar-refractivity contribution in [3.05, 3.63) is 73.3 Å². The van der Waals surface area contributed by atoms with E-state index in [0.29, 0.717) is 59.7 Å². The van der Waals surface area contributed by atoms with Gasteiger partial charge in [-0.3, -0.25) is 9.59 Å². The molecule has 0 unspecified atom stereocenters. The number of nitrogens with zero attached hydrogens (tertiary/aromatic N) is 3. The van der Waals surface area contributed by atoms with Crippen molar-refractivity contribution in [2.75, 3.05) is 30.8 Å². The molecule has 44 heavy (non-hydrogen) atoms. The molecule has 1 aromatic heterocycles. The zero-order chi connectivity index (χ0) is 30.8. The van der Waals surface area contributed by atoms with Crippen molar-refractivity contribution in [3.63, 3.8) is 0 Å². The molecule has 1 saturated carbocycles. The summed E-state index contributed by atoms with van der Waals surface area (Å²) in [5.41, 5.74) is 2.70. The minimum absolute atomic E-state index is 0.0489. The smallest absolute Gasteiger partial charge is 0.245 e. The van der Waals surface area contributed by atoms with Gasteiger partial charge in [-0.1, -0.05) is 18.7 Å². The molecule has 1 aliphatic carbocycles. The Hall–Kier alpha value is -5.19. The topological polar surface area (TPSA) is 126 Å². The van der Waals surface area contributed by atoms with Crippen LogP contribution in [0.2, 0.25) is 0 Å². The van der Waals surface area contributed by atoms with Gasteiger partial charge >= 0.3 is 0 Å². The molecule has 10 nitrogen and oxygen atoms in total. The third-order valence-electron chi connectivity index (χ3n) is 7.90. The third kappa shape index (κ3) is 6.12. The number of carbonyl (C=O) groups is 2. The van der Waals surface area contributed by atoms with Gasteiger partial charge in [0.05, 0.1) is 24.0 Å². The standard InChI is InChI=1S/C33H32FN5O5/c1-3-31(41)39-12-10-22(11-13-39)44-30-16-23-25(17-28(30)40)35-18-36-32(23)37-27-15-21(7-9-29(27)43-2)20-6-8-24(34)26(14-20)38-33(42)19-4-5-19/h3,6-9,14-19,22,40H,1,4-5,10-13H2,2H3,(H,38,42)(H,35,36,37). The monoisotopic (exact) mass is 597 g/mol. The number of amides is 2. The lowest BCUT2D eigenvalue weighted by atomic mass is 10.0. The molecule has 3 aromatic carbocycles. The van der Waals surface area contributed by atoms with Crippen LogP contribution in [0.15, 0.2) is 67.5 Å². The summed E-state index contributed by atoms with van der Waals surface area (Å²) in [6.45, 7) is 4.63. The van der Waals surface area contributed by atoms with Crippen molar-refractivity contribution in [3.8, 4) is 28.4 Å². The summed E-state index contributed by atoms with van der Waals surface area (Å²) >= 11 is 0. The van der Waals surface area contributed by atoms with E-state index in [-0.39, 0.29) is 41.0 Å². The second-order valence-electron chi connectivity index (χ2n) is 10.9. The number of hydrogen-bond acceptors (Lipinski definition) is 8. The van der Waals surface area contributed by atoms with E-state index in [2.05, 4.69) is 27.2 Å². The molecule has 1 aliphatic heterocycles. The fraction of sp³-hybridized carbons (Fsp3) is 0.273. The average Bonchev–Trinajstić information content (AvgIpc) is 3.89. The summed E-state index contributed by atoms with van der Waals surface area (Å²) < 4.78 is 26.3. The van der Waals surface area contributed by atoms with Crippen LogP contribution in [0, 0.1) is 11.7 Å². The van der Waals surface area contributed by atoms with Crippen molar-refractivity contribution in [1.82, 2.24) is 14.9 Å². The number of halogens is 1. The fourth-order valence-electron chi connectivity index (χ4n) is 5.26. The highest BCUT2D eigenvalue weighted by atomic mass is 19.1. The van der Waals surface area contributed by atoms with Crippen LogP contribution < -0.4 is 20.1 Å². The third-order valence-corrected chi connectivity index (χ3v) is 7.90. The Morgan fingerprint density at radius 1 is 1.00 bits per heavy atom. The van der Waals surface area contributed by atoms with Crippen LogP contribution in [0.1, 0.15) is 25.7 Å². The van der Waals surface area contributed by atoms with Crippen molar-refractivity contribution >= 4 is 39.9 Å². The molecule has 0 bridgehead atoms. The molecule has 6 rings (SSSR count). The molecule has 2 fully saturated rings. The van der Waals surface area contributed by atoms with Gasteiger partial charge in [0, 0.05) is 43.3 Å². The van der Waals surface area contributed by atoms with Gasteiger partial charge in [0.25, 0.3) is 0 Å². The van der Waals surface area contributed by atoms with Crippen molar-refractivity contribution in [2.45, 2.75) is 31.8 Å². The number of methoxy groups -OCH3 is 1. The first kappa shape index (κ1) is 28.9. The van der Waals surface area contributed by atoms with E-state index >= 15 is 0 Å². The maximum atomic E-state index is 14.5. The molecule has 2 heterocycles. The quantitative estimate of drug-likeness (QED) is 0.207. The van der Waals surface area contributed by atoms with Gasteiger partial charge in [0.15, 0.2) is 11.5 Å². The molecule has 0 spiro atoms. The number of likely N-dealkylation sites (tertiary alicyclic amines) is 1. The average molecular weight is 598 g/mol. The lowest BCUT2D eigenvalue weighted by Gasteiger charge is -2.31. The molecular formula is C33H32FN5O5. The summed E-state index contributed by atoms with van der Waals surface area (Å²) in [4.78, 5) is 34.7. The molecule has 2 aliphatic rings. The molecule has 1 saturated heterocycles. The van der Waals surface area contributed by atoms with Gasteiger partial charge in [-0.2, -0.15) is 0 Å². The van der Waals surface area contributed by atoms with Crippen LogP contribution in [0.25, 0.3) is 22.0 Å². The fourth-order valence-corrected chi connectivity index (χ4v) is 5.26. The zero-order valence-electron chi connectivity index (χ0n) is 24.2. The number of rotatable bonds is 9. The first-order valence-electron chi connectivity index (χ1n) is 14.4. The largest absolute Gasteiger partial charge is 0.504 e. The van der Waals surface area contributed by atoms with E-state index in [1.165, 1.54) is 24.5 Å². The van der Waals surface area contributed by atoms with Gasteiger partial charge in [-0.15, -0.1) is 0 Å². The van der Waals surface area contributed by atoms with Crippen molar-refractivity contribution in [1.29, 1.82) is 0 Å². The molecule has 0 radical (unpaired) electrons. The lowest BCUT2D eigenvalue weighted by Crippen LogP contribution is -2.41. The molecule has 0 atom stereocenters. The lowest BCUT2D eigenvalue weighted by molar-refractivity contribution is -0.127. The first-order valence-corrected chi connectivity index (χ1v) is 14.4. The van der Waals surface area contributed by atoms with Crippen LogP contribution >= 0.6 is 0 Å². The van der Waals surface area contributed by atoms with Crippen LogP contribution in [0.4, 0.5) is 21.6 Å². The van der Waals surface area contributed by atoms with Gasteiger partial charge in [0.2, 0.25) is 11.8 Å². The number of nitrogens with one attached hydrogen (secondary N) is 2. The Kier molecular flexibility index (Phi) is 8.01. The first-order chi connectivity index (χ1) is 21.3. The van der Waals surface area contributed by atoms with Crippen molar-refractivity contribution in [2.24, 2.45) is 5.92 Å². The number of ether oxygens (including phenoxy) is 2. The summed E-state index contributed by atoms with van der Waals surface area (Å²) in [5, 5.41) is 17.4. The number of fused-ring (bicyclic) bond motifs is 1. The summed E-state index contributed by atoms with van der Waals surface area (Å²) in [6.07, 6.45) is 5.40. The van der Waals surface area contributed by atoms with E-state index < -0.39 is 5.82 Å². The molecule has 4 aromatic rings. The predicted octanol–water partition coefficient (Wildman–Crippen LogP) is 5.80. The summed E-state index contributed by atoms with van der Waals surface area (Å²) in [5.74, 6) is 0.412. The predicted molar refractivity (Wildman–Crippen MR) is 165 cm³/mol. The minimum atomic E-state index is -0.501. The number of benzene rings is 3. The Labute approximate surface area is 253 Å². The highest BCUT2D eigenvalue weighted by Gasteiger charge is 2.30. The van der Waals surface area contributed by atoms with E-state index in [4.69, 9.17) is 9.47 Å². The van der Waals surface area contributed by atoms with Gasteiger partial charge in [-0.25, -0.2) is 14.4 Å².